The van der Waals surface area contributed by atoms with Gasteiger partial charge in [-0.1, -0.05) is 54.6 Å². The molecule has 2 aromatic carbocycles. The Morgan fingerprint density at radius 2 is 1.85 bits per heavy atom. The first-order valence-electron chi connectivity index (χ1n) is 9.43. The molecule has 3 rings (SSSR count). The quantitative estimate of drug-likeness (QED) is 0.758. The van der Waals surface area contributed by atoms with Crippen molar-refractivity contribution in [3.8, 4) is 0 Å². The maximum absolute atomic E-state index is 12.5. The van der Waals surface area contributed by atoms with Crippen LogP contribution in [-0.4, -0.2) is 30.5 Å². The third-order valence-corrected chi connectivity index (χ3v) is 5.01. The van der Waals surface area contributed by atoms with Crippen LogP contribution >= 0.6 is 0 Å². The number of hydrogen-bond acceptors (Lipinski definition) is 3. The summed E-state index contributed by atoms with van der Waals surface area (Å²) in [7, 11) is 1.87. The van der Waals surface area contributed by atoms with Gasteiger partial charge in [-0.15, -0.1) is 0 Å². The second kappa shape index (κ2) is 9.21. The summed E-state index contributed by atoms with van der Waals surface area (Å²) in [4.78, 5) is 26.0. The van der Waals surface area contributed by atoms with Crippen molar-refractivity contribution in [3.05, 3.63) is 71.3 Å². The monoisotopic (exact) mass is 366 g/mol. The molecule has 27 heavy (non-hydrogen) atoms. The van der Waals surface area contributed by atoms with Crippen LogP contribution in [0.4, 0.5) is 4.79 Å². The second-order valence-electron chi connectivity index (χ2n) is 6.85. The van der Waals surface area contributed by atoms with Gasteiger partial charge in [0.05, 0.1) is 6.04 Å². The van der Waals surface area contributed by atoms with Gasteiger partial charge < -0.3 is 15.0 Å². The van der Waals surface area contributed by atoms with Gasteiger partial charge in [0.2, 0.25) is 5.91 Å². The standard InChI is InChI=1S/C22H26N2O3/c1-24(20-14-13-18-10-5-6-11-19(18)20)21(25)12-7-15-23-22(26)27-16-17-8-3-2-4-9-17/h2-6,8-11,20H,7,12-16H2,1H3,(H,23,26). The fourth-order valence-corrected chi connectivity index (χ4v) is 3.49. The summed E-state index contributed by atoms with van der Waals surface area (Å²) in [5, 5.41) is 2.70. The van der Waals surface area contributed by atoms with Crippen LogP contribution in [0, 0.1) is 0 Å². The molecular weight excluding hydrogens is 340 g/mol. The van der Waals surface area contributed by atoms with E-state index < -0.39 is 6.09 Å². The van der Waals surface area contributed by atoms with Gasteiger partial charge in [0.1, 0.15) is 6.61 Å². The lowest BCUT2D eigenvalue weighted by molar-refractivity contribution is -0.132. The topological polar surface area (TPSA) is 58.6 Å². The first-order valence-corrected chi connectivity index (χ1v) is 9.43. The van der Waals surface area contributed by atoms with E-state index >= 15 is 0 Å². The highest BCUT2D eigenvalue weighted by Gasteiger charge is 2.27. The predicted molar refractivity (Wildman–Crippen MR) is 104 cm³/mol. The molecule has 1 aliphatic carbocycles. The Labute approximate surface area is 160 Å². The number of carbonyl (C=O) groups excluding carboxylic acids is 2. The van der Waals surface area contributed by atoms with Crippen molar-refractivity contribution in [2.24, 2.45) is 0 Å². The van der Waals surface area contributed by atoms with Gasteiger partial charge in [0, 0.05) is 20.0 Å². The van der Waals surface area contributed by atoms with E-state index in [-0.39, 0.29) is 18.6 Å². The van der Waals surface area contributed by atoms with E-state index in [0.29, 0.717) is 19.4 Å². The smallest absolute Gasteiger partial charge is 0.407 e. The number of benzene rings is 2. The Morgan fingerprint density at radius 1 is 1.11 bits per heavy atom. The van der Waals surface area contributed by atoms with Crippen LogP contribution in [0.2, 0.25) is 0 Å². The van der Waals surface area contributed by atoms with Gasteiger partial charge in [0.15, 0.2) is 0 Å². The predicted octanol–water partition coefficient (Wildman–Crippen LogP) is 3.84. The molecule has 0 aliphatic heterocycles. The van der Waals surface area contributed by atoms with Crippen molar-refractivity contribution in [1.82, 2.24) is 10.2 Å². The highest BCUT2D eigenvalue weighted by atomic mass is 16.5. The molecule has 0 radical (unpaired) electrons. The van der Waals surface area contributed by atoms with Gasteiger partial charge >= 0.3 is 6.09 Å². The largest absolute Gasteiger partial charge is 0.445 e. The third-order valence-electron chi connectivity index (χ3n) is 5.01. The normalized spacial score (nSPS) is 15.1. The minimum Gasteiger partial charge on any atom is -0.445 e. The Kier molecular flexibility index (Phi) is 6.47. The first-order chi connectivity index (χ1) is 13.1. The minimum absolute atomic E-state index is 0.108. The van der Waals surface area contributed by atoms with Crippen molar-refractivity contribution >= 4 is 12.0 Å². The first kappa shape index (κ1) is 19.0. The lowest BCUT2D eigenvalue weighted by Crippen LogP contribution is -2.31. The SMILES string of the molecule is CN(C(=O)CCCNC(=O)OCc1ccccc1)C1CCc2ccccc21. The molecule has 2 aromatic rings. The van der Waals surface area contributed by atoms with Crippen LogP contribution in [0.25, 0.3) is 0 Å². The molecule has 2 amide bonds. The van der Waals surface area contributed by atoms with Crippen LogP contribution in [0.3, 0.4) is 0 Å². The fourth-order valence-electron chi connectivity index (χ4n) is 3.49. The number of aryl methyl sites for hydroxylation is 1. The summed E-state index contributed by atoms with van der Waals surface area (Å²) >= 11 is 0. The van der Waals surface area contributed by atoms with Crippen LogP contribution in [0.15, 0.2) is 54.6 Å². The molecule has 0 fully saturated rings. The molecule has 0 aromatic heterocycles. The van der Waals surface area contributed by atoms with E-state index in [1.54, 1.807) is 0 Å². The van der Waals surface area contributed by atoms with Gasteiger partial charge in [-0.2, -0.15) is 0 Å². The van der Waals surface area contributed by atoms with Gasteiger partial charge in [-0.05, 0) is 36.0 Å². The summed E-state index contributed by atoms with van der Waals surface area (Å²) in [6.45, 7) is 0.671. The lowest BCUT2D eigenvalue weighted by atomic mass is 10.1. The van der Waals surface area contributed by atoms with Crippen LogP contribution in [0.1, 0.15) is 42.0 Å². The number of ether oxygens (including phenoxy) is 1. The number of hydrogen-bond donors (Lipinski definition) is 1. The molecule has 0 saturated heterocycles. The molecule has 1 N–H and O–H groups in total. The zero-order valence-electron chi connectivity index (χ0n) is 15.7. The number of nitrogens with one attached hydrogen (secondary N) is 1. The Morgan fingerprint density at radius 3 is 2.67 bits per heavy atom. The lowest BCUT2D eigenvalue weighted by Gasteiger charge is -2.25. The molecule has 5 heteroatoms. The molecule has 0 spiro atoms. The van der Waals surface area contributed by atoms with Gasteiger partial charge in [0.25, 0.3) is 0 Å². The number of nitrogens with zero attached hydrogens (tertiary/aromatic N) is 1. The van der Waals surface area contributed by atoms with Gasteiger partial charge in [-0.3, -0.25) is 4.79 Å². The summed E-state index contributed by atoms with van der Waals surface area (Å²) in [5.74, 6) is 0.108. The number of alkyl carbamates (subject to hydrolysis) is 1. The highest BCUT2D eigenvalue weighted by molar-refractivity contribution is 5.76. The summed E-state index contributed by atoms with van der Waals surface area (Å²) in [5.41, 5.74) is 3.54. The second-order valence-corrected chi connectivity index (χ2v) is 6.85. The minimum atomic E-state index is -0.454. The molecule has 0 bridgehead atoms. The average molecular weight is 366 g/mol. The zero-order valence-corrected chi connectivity index (χ0v) is 15.7. The summed E-state index contributed by atoms with van der Waals surface area (Å²) in [6.07, 6.45) is 2.55. The molecule has 1 aliphatic rings. The van der Waals surface area contributed by atoms with Crippen molar-refractivity contribution in [2.75, 3.05) is 13.6 Å². The Balaban J connectivity index is 1.35. The van der Waals surface area contributed by atoms with Crippen LogP contribution in [0.5, 0.6) is 0 Å². The van der Waals surface area contributed by atoms with E-state index in [0.717, 1.165) is 18.4 Å². The molecule has 1 unspecified atom stereocenters. The van der Waals surface area contributed by atoms with E-state index in [4.69, 9.17) is 4.74 Å². The Bertz CT molecular complexity index is 776. The fraction of sp³-hybridized carbons (Fsp3) is 0.364. The maximum atomic E-state index is 12.5. The van der Waals surface area contributed by atoms with Crippen molar-refractivity contribution < 1.29 is 14.3 Å². The molecule has 0 heterocycles. The zero-order chi connectivity index (χ0) is 19.1. The maximum Gasteiger partial charge on any atom is 0.407 e. The van der Waals surface area contributed by atoms with E-state index in [1.807, 2.05) is 54.4 Å². The molecule has 5 nitrogen and oxygen atoms in total. The summed E-state index contributed by atoms with van der Waals surface area (Å²) < 4.78 is 5.16. The highest BCUT2D eigenvalue weighted by Crippen LogP contribution is 2.35. The van der Waals surface area contributed by atoms with Crippen molar-refractivity contribution in [2.45, 2.75) is 38.3 Å². The number of fused-ring (bicyclic) bond motifs is 1. The third kappa shape index (κ3) is 5.09. The number of carbonyl (C=O) groups is 2. The molecule has 142 valence electrons. The van der Waals surface area contributed by atoms with E-state index in [9.17, 15) is 9.59 Å². The van der Waals surface area contributed by atoms with Crippen molar-refractivity contribution in [1.29, 1.82) is 0 Å². The van der Waals surface area contributed by atoms with Gasteiger partial charge in [-0.25, -0.2) is 4.79 Å². The van der Waals surface area contributed by atoms with E-state index in [1.165, 1.54) is 11.1 Å². The van der Waals surface area contributed by atoms with Crippen LogP contribution < -0.4 is 5.32 Å². The van der Waals surface area contributed by atoms with Crippen molar-refractivity contribution in [3.63, 3.8) is 0 Å². The van der Waals surface area contributed by atoms with E-state index in [2.05, 4.69) is 17.4 Å². The number of rotatable bonds is 7. The summed E-state index contributed by atoms with van der Waals surface area (Å²) in [6, 6.07) is 18.0. The van der Waals surface area contributed by atoms with Crippen LogP contribution in [-0.2, 0) is 22.6 Å². The molecule has 0 saturated carbocycles. The molecule has 1 atom stereocenters. The Hall–Kier alpha value is -2.82. The number of amides is 2. The molecular formula is C22H26N2O3. The average Bonchev–Trinajstić information content (AvgIpc) is 3.14.